The van der Waals surface area contributed by atoms with Crippen LogP contribution in [0.1, 0.15) is 35.7 Å². The summed E-state index contributed by atoms with van der Waals surface area (Å²) in [6.45, 7) is 1.21. The Morgan fingerprint density at radius 3 is 2.37 bits per heavy atom. The number of unbranched alkanes of at least 4 members (excludes halogenated alkanes) is 1. The molecule has 144 valence electrons. The van der Waals surface area contributed by atoms with Gasteiger partial charge in [-0.25, -0.2) is 4.79 Å². The van der Waals surface area contributed by atoms with Crippen LogP contribution in [0.2, 0.25) is 0 Å². The maximum absolute atomic E-state index is 12.7. The van der Waals surface area contributed by atoms with Gasteiger partial charge < -0.3 is 15.5 Å². The van der Waals surface area contributed by atoms with Gasteiger partial charge in [0.05, 0.1) is 6.54 Å². The summed E-state index contributed by atoms with van der Waals surface area (Å²) < 4.78 is 1.82. The minimum absolute atomic E-state index is 0.0792. The van der Waals surface area contributed by atoms with Crippen LogP contribution in [0.3, 0.4) is 0 Å². The van der Waals surface area contributed by atoms with Crippen molar-refractivity contribution in [1.29, 1.82) is 0 Å². The first-order valence-electron chi connectivity index (χ1n) is 8.47. The van der Waals surface area contributed by atoms with Crippen LogP contribution < -0.4 is 16.6 Å². The van der Waals surface area contributed by atoms with Crippen molar-refractivity contribution < 1.29 is 19.8 Å². The van der Waals surface area contributed by atoms with Crippen molar-refractivity contribution in [1.82, 2.24) is 14.5 Å². The fourth-order valence-corrected chi connectivity index (χ4v) is 2.55. The highest BCUT2D eigenvalue weighted by Crippen LogP contribution is 2.12. The molecule has 0 saturated heterocycles. The molecule has 0 radical (unpaired) electrons. The third-order valence-electron chi connectivity index (χ3n) is 3.95. The first kappa shape index (κ1) is 20.0. The van der Waals surface area contributed by atoms with Crippen LogP contribution in [0.4, 0.5) is 0 Å². The van der Waals surface area contributed by atoms with Crippen LogP contribution in [0.25, 0.3) is 0 Å². The third-order valence-corrected chi connectivity index (χ3v) is 3.95. The zero-order chi connectivity index (χ0) is 20.0. The van der Waals surface area contributed by atoms with Gasteiger partial charge in [-0.3, -0.25) is 23.5 Å². The molecule has 0 atom stereocenters. The number of benzene rings is 1. The smallest absolute Gasteiger partial charge is 0.334 e. The Morgan fingerprint density at radius 2 is 1.78 bits per heavy atom. The van der Waals surface area contributed by atoms with Crippen LogP contribution in [0.5, 0.6) is 5.88 Å². The highest BCUT2D eigenvalue weighted by molar-refractivity contribution is 5.97. The van der Waals surface area contributed by atoms with Crippen LogP contribution in [0.15, 0.2) is 39.9 Å². The lowest BCUT2D eigenvalue weighted by Crippen LogP contribution is -2.45. The molecule has 2 rings (SSSR count). The van der Waals surface area contributed by atoms with Crippen LogP contribution in [0, 0.1) is 0 Å². The van der Waals surface area contributed by atoms with Gasteiger partial charge in [0.25, 0.3) is 11.5 Å². The topological polar surface area (TPSA) is 131 Å². The molecule has 9 heteroatoms. The Balaban J connectivity index is 2.59. The number of amides is 1. The van der Waals surface area contributed by atoms with E-state index in [1.807, 2.05) is 12.2 Å². The van der Waals surface area contributed by atoms with E-state index >= 15 is 0 Å². The van der Waals surface area contributed by atoms with Gasteiger partial charge >= 0.3 is 11.7 Å². The van der Waals surface area contributed by atoms with Crippen molar-refractivity contribution in [3.8, 4) is 5.88 Å². The van der Waals surface area contributed by atoms with E-state index in [1.54, 1.807) is 30.3 Å². The van der Waals surface area contributed by atoms with E-state index in [-0.39, 0.29) is 13.1 Å². The van der Waals surface area contributed by atoms with Gasteiger partial charge in [0.15, 0.2) is 5.56 Å². The van der Waals surface area contributed by atoms with Gasteiger partial charge in [-0.05, 0) is 12.0 Å². The minimum atomic E-state index is -1.30. The van der Waals surface area contributed by atoms with Crippen molar-refractivity contribution in [2.75, 3.05) is 6.54 Å². The maximum Gasteiger partial charge on any atom is 0.334 e. The number of rotatable bonds is 8. The number of carbonyl (C=O) groups is 2. The molecule has 0 saturated carbocycles. The summed E-state index contributed by atoms with van der Waals surface area (Å²) in [6.07, 6.45) is 1.28. The van der Waals surface area contributed by atoms with Crippen LogP contribution in [-0.4, -0.2) is 37.8 Å². The summed E-state index contributed by atoms with van der Waals surface area (Å²) in [4.78, 5) is 48.3. The van der Waals surface area contributed by atoms with Crippen molar-refractivity contribution in [2.45, 2.75) is 32.9 Å². The lowest BCUT2D eigenvalue weighted by atomic mass is 10.2. The van der Waals surface area contributed by atoms with E-state index in [9.17, 15) is 24.3 Å². The molecule has 0 aliphatic carbocycles. The quantitative estimate of drug-likeness (QED) is 0.611. The summed E-state index contributed by atoms with van der Waals surface area (Å²) in [5.41, 5.74) is -1.69. The summed E-state index contributed by atoms with van der Waals surface area (Å²) in [5.74, 6) is -3.11. The number of aromatic hydroxyl groups is 1. The monoisotopic (exact) mass is 375 g/mol. The van der Waals surface area contributed by atoms with E-state index in [2.05, 4.69) is 0 Å². The lowest BCUT2D eigenvalue weighted by Gasteiger charge is -2.15. The first-order chi connectivity index (χ1) is 12.9. The van der Waals surface area contributed by atoms with E-state index in [0.29, 0.717) is 12.0 Å². The van der Waals surface area contributed by atoms with E-state index in [4.69, 9.17) is 5.11 Å². The van der Waals surface area contributed by atoms with E-state index in [0.717, 1.165) is 15.6 Å². The predicted molar refractivity (Wildman–Crippen MR) is 97.0 cm³/mol. The number of nitrogens with zero attached hydrogens (tertiary/aromatic N) is 2. The molecule has 0 spiro atoms. The molecule has 3 N–H and O–H groups in total. The zero-order valence-corrected chi connectivity index (χ0v) is 14.8. The van der Waals surface area contributed by atoms with Gasteiger partial charge in [-0.15, -0.1) is 0 Å². The fraction of sp³-hybridized carbons (Fsp3) is 0.333. The average Bonchev–Trinajstić information content (AvgIpc) is 2.64. The molecule has 1 amide bonds. The molecule has 0 aliphatic heterocycles. The number of aromatic nitrogens is 2. The Morgan fingerprint density at radius 1 is 1.11 bits per heavy atom. The number of aliphatic carboxylic acids is 1. The van der Waals surface area contributed by atoms with E-state index in [1.165, 1.54) is 0 Å². The normalized spacial score (nSPS) is 10.6. The molecule has 1 aromatic heterocycles. The van der Waals surface area contributed by atoms with Crippen LogP contribution in [-0.2, 0) is 17.9 Å². The van der Waals surface area contributed by atoms with Gasteiger partial charge in [-0.1, -0.05) is 43.7 Å². The van der Waals surface area contributed by atoms with Gasteiger partial charge in [0, 0.05) is 6.54 Å². The standard InChI is InChI=1S/C18H21N3O6/c1-2-3-9-20-16(25)14(15(24)19-10-13(22)23)17(26)21(18(20)27)11-12-7-5-4-6-8-12/h4-8,25H,2-3,9-11H2,1H3,(H,19,24)(H,22,23). The minimum Gasteiger partial charge on any atom is -0.494 e. The molecular formula is C18H21N3O6. The Bertz CT molecular complexity index is 946. The largest absolute Gasteiger partial charge is 0.494 e. The number of nitrogens with one attached hydrogen (secondary N) is 1. The summed E-state index contributed by atoms with van der Waals surface area (Å²) >= 11 is 0. The third kappa shape index (κ3) is 4.63. The molecule has 1 heterocycles. The number of carbonyl (C=O) groups excluding carboxylic acids is 1. The number of hydrogen-bond donors (Lipinski definition) is 3. The Labute approximate surface area is 154 Å². The second kappa shape index (κ2) is 8.84. The van der Waals surface area contributed by atoms with Crippen LogP contribution >= 0.6 is 0 Å². The van der Waals surface area contributed by atoms with Crippen molar-refractivity contribution in [2.24, 2.45) is 0 Å². The molecule has 0 bridgehead atoms. The lowest BCUT2D eigenvalue weighted by molar-refractivity contribution is -0.135. The maximum atomic E-state index is 12.7. The fourth-order valence-electron chi connectivity index (χ4n) is 2.55. The van der Waals surface area contributed by atoms with Gasteiger partial charge in [0.2, 0.25) is 5.88 Å². The molecule has 9 nitrogen and oxygen atoms in total. The second-order valence-corrected chi connectivity index (χ2v) is 5.94. The second-order valence-electron chi connectivity index (χ2n) is 5.94. The molecule has 1 aromatic carbocycles. The van der Waals surface area contributed by atoms with Crippen molar-refractivity contribution in [3.05, 3.63) is 62.3 Å². The highest BCUT2D eigenvalue weighted by atomic mass is 16.4. The Kier molecular flexibility index (Phi) is 6.53. The number of carboxylic acids is 1. The number of carboxylic acid groups (broad SMARTS) is 1. The van der Waals surface area contributed by atoms with Gasteiger partial charge in [-0.2, -0.15) is 0 Å². The van der Waals surface area contributed by atoms with E-state index < -0.39 is 41.1 Å². The summed E-state index contributed by atoms with van der Waals surface area (Å²) in [6, 6.07) is 8.72. The molecule has 0 aliphatic rings. The molecule has 0 fully saturated rings. The Hall–Kier alpha value is -3.36. The summed E-state index contributed by atoms with van der Waals surface area (Å²) in [5, 5.41) is 21.1. The molecule has 27 heavy (non-hydrogen) atoms. The number of hydrogen-bond acceptors (Lipinski definition) is 5. The highest BCUT2D eigenvalue weighted by Gasteiger charge is 2.24. The zero-order valence-electron chi connectivity index (χ0n) is 14.8. The van der Waals surface area contributed by atoms with Crippen molar-refractivity contribution >= 4 is 11.9 Å². The molecule has 0 unspecified atom stereocenters. The summed E-state index contributed by atoms with van der Waals surface area (Å²) in [7, 11) is 0. The SMILES string of the molecule is CCCCn1c(O)c(C(=O)NCC(=O)O)c(=O)n(Cc2ccccc2)c1=O. The van der Waals surface area contributed by atoms with Crippen molar-refractivity contribution in [3.63, 3.8) is 0 Å². The predicted octanol–water partition coefficient (Wildman–Crippen LogP) is 0.378. The van der Waals surface area contributed by atoms with Gasteiger partial charge in [0.1, 0.15) is 6.54 Å². The first-order valence-corrected chi connectivity index (χ1v) is 8.47. The molecule has 2 aromatic rings. The molecular weight excluding hydrogens is 354 g/mol. The average molecular weight is 375 g/mol.